The Morgan fingerprint density at radius 1 is 0.826 bits per heavy atom. The van der Waals surface area contributed by atoms with E-state index in [1.807, 2.05) is 88.2 Å². The van der Waals surface area contributed by atoms with E-state index in [4.69, 9.17) is 25.8 Å². The first-order valence-electron chi connectivity index (χ1n) is 14.5. The molecule has 0 fully saturated rings. The van der Waals surface area contributed by atoms with Crippen LogP contribution in [0.15, 0.2) is 67.0 Å². The van der Waals surface area contributed by atoms with Gasteiger partial charge in [0.25, 0.3) is 0 Å². The molecule has 0 bridgehead atoms. The molecule has 46 heavy (non-hydrogen) atoms. The molecule has 0 spiro atoms. The first kappa shape index (κ1) is 33.6. The van der Waals surface area contributed by atoms with Crippen LogP contribution in [-0.4, -0.2) is 49.2 Å². The summed E-state index contributed by atoms with van der Waals surface area (Å²) < 4.78 is 19.9. The molecule has 238 valence electrons. The lowest BCUT2D eigenvalue weighted by molar-refractivity contribution is 0.110. The number of rotatable bonds is 9. The Hall–Kier alpha value is -5.29. The monoisotopic (exact) mass is 642 g/mol. The number of carbonyl (C=O) groups excluding carboxylic acids is 2. The molecule has 0 aliphatic heterocycles. The molecule has 0 saturated carbocycles. The number of pyridine rings is 2. The van der Waals surface area contributed by atoms with E-state index >= 15 is 0 Å². The van der Waals surface area contributed by atoms with E-state index in [0.29, 0.717) is 53.3 Å². The van der Waals surface area contributed by atoms with Crippen molar-refractivity contribution in [2.75, 3.05) is 7.11 Å². The number of benzene rings is 2. The lowest BCUT2D eigenvalue weighted by Crippen LogP contribution is -2.01. The summed E-state index contributed by atoms with van der Waals surface area (Å²) in [6, 6.07) is 16.9. The second kappa shape index (κ2) is 15.6. The first-order valence-corrected chi connectivity index (χ1v) is 14.9. The van der Waals surface area contributed by atoms with Gasteiger partial charge in [0.05, 0.1) is 36.1 Å². The minimum atomic E-state index is 0.306. The summed E-state index contributed by atoms with van der Waals surface area (Å²) in [5.41, 5.74) is 5.45. The van der Waals surface area contributed by atoms with E-state index in [1.165, 1.54) is 13.3 Å². The molecule has 12 heteroatoms. The van der Waals surface area contributed by atoms with E-state index in [0.717, 1.165) is 44.9 Å². The number of hydrogen-bond donors (Lipinski definition) is 0. The van der Waals surface area contributed by atoms with Crippen LogP contribution in [0.25, 0.3) is 21.8 Å². The SMILES string of the molecule is CC.COc1cc(C=O)c(OCc2ccc3c(cnn3C)c2)cn1.Cc1ccc(OCc2ccc3c(c2)c(Cl)nn3C)c(C=O)n1. The molecular weight excluding hydrogens is 608 g/mol. The zero-order valence-corrected chi connectivity index (χ0v) is 27.3. The Morgan fingerprint density at radius 2 is 1.52 bits per heavy atom. The van der Waals surface area contributed by atoms with Crippen molar-refractivity contribution in [3.8, 4) is 17.4 Å². The molecule has 0 aliphatic rings. The number of fused-ring (bicyclic) bond motifs is 2. The van der Waals surface area contributed by atoms with Crippen LogP contribution in [-0.2, 0) is 27.3 Å². The van der Waals surface area contributed by atoms with Gasteiger partial charge in [-0.15, -0.1) is 0 Å². The van der Waals surface area contributed by atoms with Gasteiger partial charge in [-0.25, -0.2) is 9.97 Å². The van der Waals surface area contributed by atoms with Gasteiger partial charge in [0.2, 0.25) is 5.88 Å². The minimum Gasteiger partial charge on any atom is -0.487 e. The number of methoxy groups -OCH3 is 1. The second-order valence-corrected chi connectivity index (χ2v) is 10.2. The maximum atomic E-state index is 11.1. The Labute approximate surface area is 271 Å². The van der Waals surface area contributed by atoms with Gasteiger partial charge in [0, 0.05) is 36.6 Å². The van der Waals surface area contributed by atoms with Gasteiger partial charge < -0.3 is 14.2 Å². The molecule has 0 aliphatic carbocycles. The quantitative estimate of drug-likeness (QED) is 0.158. The maximum absolute atomic E-state index is 11.1. The van der Waals surface area contributed by atoms with E-state index in [-0.39, 0.29) is 0 Å². The van der Waals surface area contributed by atoms with Crippen molar-refractivity contribution in [3.05, 3.63) is 100 Å². The first-order chi connectivity index (χ1) is 22.3. The number of ether oxygens (including phenoxy) is 3. The van der Waals surface area contributed by atoms with Crippen molar-refractivity contribution in [3.63, 3.8) is 0 Å². The number of halogens is 1. The van der Waals surface area contributed by atoms with Crippen LogP contribution < -0.4 is 14.2 Å². The average Bonchev–Trinajstić information content (AvgIpc) is 3.60. The van der Waals surface area contributed by atoms with Gasteiger partial charge >= 0.3 is 0 Å². The predicted octanol–water partition coefficient (Wildman–Crippen LogP) is 6.72. The van der Waals surface area contributed by atoms with E-state index in [1.54, 1.807) is 16.8 Å². The number of aryl methyl sites for hydroxylation is 3. The van der Waals surface area contributed by atoms with Crippen LogP contribution in [0.4, 0.5) is 0 Å². The van der Waals surface area contributed by atoms with Gasteiger partial charge in [-0.3, -0.25) is 19.0 Å². The highest BCUT2D eigenvalue weighted by Crippen LogP contribution is 2.25. The smallest absolute Gasteiger partial charge is 0.213 e. The van der Waals surface area contributed by atoms with Crippen molar-refractivity contribution in [2.24, 2.45) is 14.1 Å². The van der Waals surface area contributed by atoms with Gasteiger partial charge in [0.1, 0.15) is 30.4 Å². The zero-order chi connectivity index (χ0) is 33.2. The fraction of sp³-hybridized carbons (Fsp3) is 0.235. The molecule has 2 aromatic carbocycles. The number of carbonyl (C=O) groups is 2. The topological polar surface area (TPSA) is 123 Å². The van der Waals surface area contributed by atoms with Crippen LogP contribution in [0.3, 0.4) is 0 Å². The highest BCUT2D eigenvalue weighted by Gasteiger charge is 2.10. The molecule has 0 saturated heterocycles. The Bertz CT molecular complexity index is 1970. The average molecular weight is 643 g/mol. The second-order valence-electron chi connectivity index (χ2n) is 9.84. The Morgan fingerprint density at radius 3 is 2.22 bits per heavy atom. The summed E-state index contributed by atoms with van der Waals surface area (Å²) in [6.07, 6.45) is 4.73. The molecule has 4 heterocycles. The molecule has 0 unspecified atom stereocenters. The third kappa shape index (κ3) is 7.86. The van der Waals surface area contributed by atoms with Gasteiger partial charge in [-0.2, -0.15) is 10.2 Å². The lowest BCUT2D eigenvalue weighted by Gasteiger charge is -2.09. The standard InChI is InChI=1S/C16H14ClN3O2.C16H15N3O3.C2H6/c1-10-3-6-15(13(8-21)18-10)22-9-11-4-5-14-12(7-11)16(17)19-20(14)2;1-19-14-4-3-11(5-12(14)7-18-19)10-22-15-8-17-16(21-2)6-13(15)9-20;1-2/h3-8H,9H2,1-2H3;3-9H,10H2,1-2H3;1-2H3. The van der Waals surface area contributed by atoms with Gasteiger partial charge in [0.15, 0.2) is 17.7 Å². The summed E-state index contributed by atoms with van der Waals surface area (Å²) in [5, 5.41) is 10.8. The Kier molecular flexibility index (Phi) is 11.4. The maximum Gasteiger partial charge on any atom is 0.213 e. The fourth-order valence-corrected chi connectivity index (χ4v) is 4.78. The largest absolute Gasteiger partial charge is 0.487 e. The molecule has 0 atom stereocenters. The third-order valence-corrected chi connectivity index (χ3v) is 7.09. The summed E-state index contributed by atoms with van der Waals surface area (Å²) in [4.78, 5) is 30.3. The summed E-state index contributed by atoms with van der Waals surface area (Å²) in [7, 11) is 5.25. The van der Waals surface area contributed by atoms with Crippen molar-refractivity contribution in [1.29, 1.82) is 0 Å². The molecule has 4 aromatic heterocycles. The number of aromatic nitrogens is 6. The zero-order valence-electron chi connectivity index (χ0n) is 26.5. The van der Waals surface area contributed by atoms with Crippen LogP contribution in [0.2, 0.25) is 5.15 Å². The third-order valence-electron chi connectivity index (χ3n) is 6.81. The van der Waals surface area contributed by atoms with Gasteiger partial charge in [-0.05, 0) is 54.4 Å². The van der Waals surface area contributed by atoms with Crippen molar-refractivity contribution in [1.82, 2.24) is 29.5 Å². The molecule has 11 nitrogen and oxygen atoms in total. The fourth-order valence-electron chi connectivity index (χ4n) is 4.52. The molecular formula is C34H35ClN6O5. The summed E-state index contributed by atoms with van der Waals surface area (Å²) in [5.74, 6) is 1.28. The van der Waals surface area contributed by atoms with E-state index in [9.17, 15) is 9.59 Å². The van der Waals surface area contributed by atoms with Crippen LogP contribution in [0.1, 0.15) is 51.5 Å². The lowest BCUT2D eigenvalue weighted by atomic mass is 10.2. The molecule has 0 N–H and O–H groups in total. The Balaban J connectivity index is 0.000000198. The van der Waals surface area contributed by atoms with Gasteiger partial charge in [-0.1, -0.05) is 37.6 Å². The normalized spacial score (nSPS) is 10.4. The van der Waals surface area contributed by atoms with Crippen LogP contribution in [0.5, 0.6) is 17.4 Å². The molecule has 6 rings (SSSR count). The number of nitrogens with zero attached hydrogens (tertiary/aromatic N) is 6. The molecule has 0 amide bonds. The predicted molar refractivity (Wildman–Crippen MR) is 177 cm³/mol. The minimum absolute atomic E-state index is 0.306. The van der Waals surface area contributed by atoms with Crippen molar-refractivity contribution >= 4 is 46.0 Å². The van der Waals surface area contributed by atoms with Crippen LogP contribution >= 0.6 is 11.6 Å². The number of aldehydes is 2. The molecule has 6 aromatic rings. The highest BCUT2D eigenvalue weighted by molar-refractivity contribution is 6.34. The number of hydrogen-bond acceptors (Lipinski definition) is 9. The highest BCUT2D eigenvalue weighted by atomic mass is 35.5. The summed E-state index contributed by atoms with van der Waals surface area (Å²) in [6.45, 7) is 6.50. The van der Waals surface area contributed by atoms with E-state index < -0.39 is 0 Å². The summed E-state index contributed by atoms with van der Waals surface area (Å²) >= 11 is 6.10. The van der Waals surface area contributed by atoms with Crippen molar-refractivity contribution < 1.29 is 23.8 Å². The van der Waals surface area contributed by atoms with E-state index in [2.05, 4.69) is 20.2 Å². The van der Waals surface area contributed by atoms with Crippen LogP contribution in [0, 0.1) is 6.92 Å². The van der Waals surface area contributed by atoms with Crippen molar-refractivity contribution in [2.45, 2.75) is 34.0 Å². The molecule has 0 radical (unpaired) electrons.